The molecule has 0 atom stereocenters. The van der Waals surface area contributed by atoms with Crippen LogP contribution < -0.4 is 10.9 Å². The first-order valence-electron chi connectivity index (χ1n) is 11.2. The summed E-state index contributed by atoms with van der Waals surface area (Å²) in [7, 11) is 0. The third-order valence-electron chi connectivity index (χ3n) is 5.51. The average Bonchev–Trinajstić information content (AvgIpc) is 3.33. The van der Waals surface area contributed by atoms with Gasteiger partial charge < -0.3 is 10.3 Å². The molecule has 0 saturated carbocycles. The van der Waals surface area contributed by atoms with E-state index in [1.807, 2.05) is 78.5 Å². The van der Waals surface area contributed by atoms with E-state index in [0.717, 1.165) is 39.6 Å². The van der Waals surface area contributed by atoms with E-state index in [9.17, 15) is 4.79 Å². The van der Waals surface area contributed by atoms with Crippen molar-refractivity contribution in [1.29, 1.82) is 0 Å². The van der Waals surface area contributed by atoms with Crippen molar-refractivity contribution < 1.29 is 0 Å². The number of aromatic nitrogens is 5. The predicted molar refractivity (Wildman–Crippen MR) is 134 cm³/mol. The highest BCUT2D eigenvalue weighted by atomic mass is 16.1. The number of nitrogens with one attached hydrogen (secondary N) is 2. The van der Waals surface area contributed by atoms with E-state index >= 15 is 0 Å². The Balaban J connectivity index is 1.39. The number of anilines is 1. The fraction of sp³-hybridized carbons (Fsp3) is 0.111. The molecule has 3 aromatic heterocycles. The molecular weight excluding hydrogens is 424 g/mol. The maximum absolute atomic E-state index is 11.9. The van der Waals surface area contributed by atoms with Crippen molar-refractivity contribution in [3.8, 4) is 28.3 Å². The summed E-state index contributed by atoms with van der Waals surface area (Å²) in [5.74, 6) is 1.25. The van der Waals surface area contributed by atoms with Gasteiger partial charge in [-0.15, -0.1) is 0 Å². The number of nitrogens with zero attached hydrogens (tertiary/aromatic N) is 4. The summed E-state index contributed by atoms with van der Waals surface area (Å²) in [6.45, 7) is 2.53. The SMILES string of the molecule is CCc1cc(=O)[nH]c(-c2ccc(NCc3cn(-c4ccccc4)nc3-c3ccccc3)nc2)n1. The van der Waals surface area contributed by atoms with E-state index in [-0.39, 0.29) is 5.56 Å². The molecule has 7 nitrogen and oxygen atoms in total. The summed E-state index contributed by atoms with van der Waals surface area (Å²) >= 11 is 0. The van der Waals surface area contributed by atoms with Crippen LogP contribution in [0.3, 0.4) is 0 Å². The van der Waals surface area contributed by atoms with Gasteiger partial charge in [-0.1, -0.05) is 55.5 Å². The van der Waals surface area contributed by atoms with Gasteiger partial charge in [-0.2, -0.15) is 5.10 Å². The Hall–Kier alpha value is -4.52. The minimum absolute atomic E-state index is 0.159. The summed E-state index contributed by atoms with van der Waals surface area (Å²) in [5, 5.41) is 8.25. The summed E-state index contributed by atoms with van der Waals surface area (Å²) in [6.07, 6.45) is 4.46. The van der Waals surface area contributed by atoms with Crippen molar-refractivity contribution in [2.24, 2.45) is 0 Å². The van der Waals surface area contributed by atoms with Crippen LogP contribution in [0, 0.1) is 0 Å². The highest BCUT2D eigenvalue weighted by Gasteiger charge is 2.12. The lowest BCUT2D eigenvalue weighted by molar-refractivity contribution is 0.883. The van der Waals surface area contributed by atoms with Gasteiger partial charge in [0.25, 0.3) is 5.56 Å². The number of aryl methyl sites for hydroxylation is 1. The molecule has 2 aromatic carbocycles. The van der Waals surface area contributed by atoms with Gasteiger partial charge in [0.1, 0.15) is 11.6 Å². The molecule has 0 fully saturated rings. The summed E-state index contributed by atoms with van der Waals surface area (Å²) in [6, 6.07) is 25.5. The van der Waals surface area contributed by atoms with E-state index in [2.05, 4.69) is 32.4 Å². The van der Waals surface area contributed by atoms with Gasteiger partial charge in [0.05, 0.1) is 11.4 Å². The zero-order valence-electron chi connectivity index (χ0n) is 18.8. The van der Waals surface area contributed by atoms with Crippen LogP contribution in [0.15, 0.2) is 96.1 Å². The minimum atomic E-state index is -0.159. The molecule has 0 aliphatic carbocycles. The van der Waals surface area contributed by atoms with Gasteiger partial charge in [-0.05, 0) is 30.7 Å². The molecule has 0 aliphatic rings. The van der Waals surface area contributed by atoms with Crippen molar-refractivity contribution in [2.45, 2.75) is 19.9 Å². The molecule has 5 aromatic rings. The number of H-pyrrole nitrogens is 1. The monoisotopic (exact) mass is 448 g/mol. The van der Waals surface area contributed by atoms with Gasteiger partial charge in [0.15, 0.2) is 0 Å². The van der Waals surface area contributed by atoms with E-state index in [1.165, 1.54) is 6.07 Å². The van der Waals surface area contributed by atoms with Crippen LogP contribution in [0.2, 0.25) is 0 Å². The quantitative estimate of drug-likeness (QED) is 0.371. The van der Waals surface area contributed by atoms with Crippen molar-refractivity contribution in [3.63, 3.8) is 0 Å². The number of aromatic amines is 1. The van der Waals surface area contributed by atoms with Crippen LogP contribution in [0.4, 0.5) is 5.82 Å². The lowest BCUT2D eigenvalue weighted by atomic mass is 10.1. The predicted octanol–water partition coefficient (Wildman–Crippen LogP) is 4.86. The molecule has 0 amide bonds. The van der Waals surface area contributed by atoms with Crippen LogP contribution in [-0.4, -0.2) is 24.7 Å². The zero-order valence-corrected chi connectivity index (χ0v) is 18.8. The van der Waals surface area contributed by atoms with E-state index in [1.54, 1.807) is 6.20 Å². The maximum atomic E-state index is 11.9. The first-order chi connectivity index (χ1) is 16.7. The Kier molecular flexibility index (Phi) is 5.99. The van der Waals surface area contributed by atoms with E-state index in [4.69, 9.17) is 5.10 Å². The zero-order chi connectivity index (χ0) is 23.3. The van der Waals surface area contributed by atoms with Crippen LogP contribution in [0.25, 0.3) is 28.3 Å². The Morgan fingerprint density at radius 3 is 2.41 bits per heavy atom. The molecule has 34 heavy (non-hydrogen) atoms. The number of para-hydroxylation sites is 1. The normalized spacial score (nSPS) is 10.9. The fourth-order valence-corrected chi connectivity index (χ4v) is 3.74. The van der Waals surface area contributed by atoms with Crippen LogP contribution in [0.1, 0.15) is 18.2 Å². The van der Waals surface area contributed by atoms with Crippen LogP contribution in [-0.2, 0) is 13.0 Å². The molecule has 168 valence electrons. The number of hydrogen-bond acceptors (Lipinski definition) is 5. The minimum Gasteiger partial charge on any atom is -0.366 e. The molecule has 0 spiro atoms. The van der Waals surface area contributed by atoms with Crippen molar-refractivity contribution in [2.75, 3.05) is 5.32 Å². The lowest BCUT2D eigenvalue weighted by Gasteiger charge is -2.07. The first-order valence-corrected chi connectivity index (χ1v) is 11.2. The molecule has 0 aliphatic heterocycles. The van der Waals surface area contributed by atoms with Crippen molar-refractivity contribution >= 4 is 5.82 Å². The van der Waals surface area contributed by atoms with Gasteiger partial charge in [0.2, 0.25) is 0 Å². The van der Waals surface area contributed by atoms with Crippen molar-refractivity contribution in [1.82, 2.24) is 24.7 Å². The van der Waals surface area contributed by atoms with Crippen molar-refractivity contribution in [3.05, 3.63) is 113 Å². The molecular formula is C27H24N6O. The smallest absolute Gasteiger partial charge is 0.251 e. The second-order valence-corrected chi connectivity index (χ2v) is 7.87. The Bertz CT molecular complexity index is 1440. The third-order valence-corrected chi connectivity index (χ3v) is 5.51. The molecule has 7 heteroatoms. The van der Waals surface area contributed by atoms with Gasteiger partial charge >= 0.3 is 0 Å². The first kappa shape index (κ1) is 21.3. The number of hydrogen-bond donors (Lipinski definition) is 2. The summed E-state index contributed by atoms with van der Waals surface area (Å²) < 4.78 is 1.90. The summed E-state index contributed by atoms with van der Waals surface area (Å²) in [5.41, 5.74) is 5.40. The number of pyridine rings is 1. The Labute approximate surface area is 197 Å². The van der Waals surface area contributed by atoms with Gasteiger partial charge in [-0.3, -0.25) is 4.79 Å². The molecule has 3 heterocycles. The van der Waals surface area contributed by atoms with E-state index < -0.39 is 0 Å². The molecule has 0 saturated heterocycles. The average molecular weight is 449 g/mol. The lowest BCUT2D eigenvalue weighted by Crippen LogP contribution is -2.10. The number of rotatable bonds is 7. The standard InChI is InChI=1S/C27H24N6O/c1-2-22-15-25(34)31-27(30-22)20-13-14-24(28-16-20)29-17-21-18-33(23-11-7-4-8-12-23)32-26(21)19-9-5-3-6-10-19/h3-16,18H,2,17H2,1H3,(H,28,29)(H,30,31,34). The molecule has 0 unspecified atom stereocenters. The molecule has 2 N–H and O–H groups in total. The highest BCUT2D eigenvalue weighted by molar-refractivity contribution is 5.64. The summed E-state index contributed by atoms with van der Waals surface area (Å²) in [4.78, 5) is 23.7. The largest absolute Gasteiger partial charge is 0.366 e. The highest BCUT2D eigenvalue weighted by Crippen LogP contribution is 2.24. The molecule has 0 bridgehead atoms. The Morgan fingerprint density at radius 2 is 1.71 bits per heavy atom. The van der Waals surface area contributed by atoms with Gasteiger partial charge in [0, 0.05) is 47.4 Å². The van der Waals surface area contributed by atoms with Crippen LogP contribution >= 0.6 is 0 Å². The second-order valence-electron chi connectivity index (χ2n) is 7.87. The van der Waals surface area contributed by atoms with Crippen LogP contribution in [0.5, 0.6) is 0 Å². The second kappa shape index (κ2) is 9.54. The van der Waals surface area contributed by atoms with E-state index in [0.29, 0.717) is 18.8 Å². The molecule has 0 radical (unpaired) electrons. The number of benzene rings is 2. The third kappa shape index (κ3) is 4.63. The Morgan fingerprint density at radius 1 is 0.941 bits per heavy atom. The molecule has 5 rings (SSSR count). The fourth-order valence-electron chi connectivity index (χ4n) is 3.74. The van der Waals surface area contributed by atoms with Gasteiger partial charge in [-0.25, -0.2) is 14.6 Å². The topological polar surface area (TPSA) is 88.5 Å². The maximum Gasteiger partial charge on any atom is 0.251 e.